The lowest BCUT2D eigenvalue weighted by Gasteiger charge is -2.18. The molecule has 1 saturated heterocycles. The summed E-state index contributed by atoms with van der Waals surface area (Å²) in [5.41, 5.74) is 6.37. The summed E-state index contributed by atoms with van der Waals surface area (Å²) in [6.07, 6.45) is -0.621. The van der Waals surface area contributed by atoms with Gasteiger partial charge in [-0.05, 0) is 0 Å². The number of hydrogen-bond donors (Lipinski definition) is 4. The zero-order valence-corrected chi connectivity index (χ0v) is 7.16. The van der Waals surface area contributed by atoms with E-state index in [1.54, 1.807) is 4.90 Å². The number of amides is 2. The fraction of sp³-hybridized carbons (Fsp3) is 0.833. The van der Waals surface area contributed by atoms with Crippen LogP contribution < -0.4 is 10.6 Å². The van der Waals surface area contributed by atoms with Crippen LogP contribution >= 0.6 is 0 Å². The average Bonchev–Trinajstić information content (AvgIpc) is 2.52. The monoisotopic (exact) mass is 187 g/mol. The Hall–Kier alpha value is -1.05. The van der Waals surface area contributed by atoms with Gasteiger partial charge in [-0.2, -0.15) is 5.53 Å². The summed E-state index contributed by atoms with van der Waals surface area (Å²) >= 11 is 0. The first-order chi connectivity index (χ1) is 6.24. The Bertz CT molecular complexity index is 197. The first-order valence-electron chi connectivity index (χ1n) is 4.05. The molecule has 7 nitrogen and oxygen atoms in total. The van der Waals surface area contributed by atoms with E-state index in [9.17, 15) is 9.90 Å². The molecule has 1 unspecified atom stereocenters. The van der Waals surface area contributed by atoms with E-state index in [-0.39, 0.29) is 0 Å². The molecule has 0 radical (unpaired) electrons. The fourth-order valence-corrected chi connectivity index (χ4v) is 1.17. The molecule has 1 rings (SSSR count). The summed E-state index contributed by atoms with van der Waals surface area (Å²) in [4.78, 5) is 12.3. The van der Waals surface area contributed by atoms with Gasteiger partial charge in [0.1, 0.15) is 0 Å². The van der Waals surface area contributed by atoms with Crippen molar-refractivity contribution in [2.24, 2.45) is 5.11 Å². The van der Waals surface area contributed by atoms with Crippen LogP contribution in [0.25, 0.3) is 0 Å². The Balaban J connectivity index is 2.11. The molecule has 7 heteroatoms. The van der Waals surface area contributed by atoms with Crippen molar-refractivity contribution in [1.82, 2.24) is 15.5 Å². The van der Waals surface area contributed by atoms with Gasteiger partial charge in [0.25, 0.3) is 0 Å². The first kappa shape index (κ1) is 10.0. The summed E-state index contributed by atoms with van der Waals surface area (Å²) in [6.45, 7) is 2.45. The van der Waals surface area contributed by atoms with Gasteiger partial charge in [0.2, 0.25) is 0 Å². The van der Waals surface area contributed by atoms with E-state index in [0.717, 1.165) is 13.1 Å². The van der Waals surface area contributed by atoms with E-state index >= 15 is 0 Å². The van der Waals surface area contributed by atoms with Crippen molar-refractivity contribution in [3.63, 3.8) is 0 Å². The van der Waals surface area contributed by atoms with Gasteiger partial charge in [-0.15, -0.1) is 0 Å². The number of nitrogens with one attached hydrogen (secondary N) is 3. The van der Waals surface area contributed by atoms with Gasteiger partial charge >= 0.3 is 6.03 Å². The highest BCUT2D eigenvalue weighted by Crippen LogP contribution is 1.97. The second kappa shape index (κ2) is 4.85. The molecule has 1 atom stereocenters. The molecule has 1 aliphatic heterocycles. The van der Waals surface area contributed by atoms with E-state index in [1.165, 1.54) is 0 Å². The van der Waals surface area contributed by atoms with Gasteiger partial charge < -0.3 is 10.4 Å². The molecule has 1 aliphatic rings. The molecule has 0 aliphatic carbocycles. The number of urea groups is 1. The van der Waals surface area contributed by atoms with Crippen LogP contribution in [0, 0.1) is 5.53 Å². The van der Waals surface area contributed by atoms with Crippen LogP contribution in [0.5, 0.6) is 0 Å². The molecule has 0 saturated carbocycles. The number of aliphatic hydroxyl groups is 1. The van der Waals surface area contributed by atoms with E-state index in [0.29, 0.717) is 13.1 Å². The smallest absolute Gasteiger partial charge is 0.359 e. The van der Waals surface area contributed by atoms with Crippen LogP contribution in [0.1, 0.15) is 0 Å². The standard InChI is InChI=1S/C6H13N5O2/c7-10-5(12)8-1-3-11-4-2-9-6(11)13/h6-7,9,13H,1-4H2,(H,8,12). The fourth-order valence-electron chi connectivity index (χ4n) is 1.17. The molecule has 13 heavy (non-hydrogen) atoms. The number of aliphatic hydroxyl groups excluding tert-OH is 1. The van der Waals surface area contributed by atoms with Crippen LogP contribution in [0.4, 0.5) is 4.79 Å². The molecule has 1 fully saturated rings. The molecule has 0 bridgehead atoms. The summed E-state index contributed by atoms with van der Waals surface area (Å²) < 4.78 is 0. The maximum Gasteiger partial charge on any atom is 0.359 e. The topological polar surface area (TPSA) is 101 Å². The van der Waals surface area contributed by atoms with Crippen molar-refractivity contribution in [3.8, 4) is 0 Å². The highest BCUT2D eigenvalue weighted by Gasteiger charge is 2.20. The Morgan fingerprint density at radius 2 is 2.62 bits per heavy atom. The minimum atomic E-state index is -0.651. The van der Waals surface area contributed by atoms with Gasteiger partial charge in [0, 0.05) is 26.2 Å². The van der Waals surface area contributed by atoms with Crippen LogP contribution in [-0.2, 0) is 0 Å². The lowest BCUT2D eigenvalue weighted by molar-refractivity contribution is 0.0234. The van der Waals surface area contributed by atoms with Crippen molar-refractivity contribution >= 4 is 6.03 Å². The Morgan fingerprint density at radius 3 is 3.15 bits per heavy atom. The maximum absolute atomic E-state index is 10.5. The quantitative estimate of drug-likeness (QED) is 0.422. The summed E-state index contributed by atoms with van der Waals surface area (Å²) in [6, 6.07) is -0.651. The molecule has 0 aromatic heterocycles. The van der Waals surface area contributed by atoms with Crippen molar-refractivity contribution < 1.29 is 9.90 Å². The van der Waals surface area contributed by atoms with Crippen LogP contribution in [0.2, 0.25) is 0 Å². The minimum absolute atomic E-state index is 0.389. The van der Waals surface area contributed by atoms with Crippen LogP contribution in [-0.4, -0.2) is 48.6 Å². The van der Waals surface area contributed by atoms with Crippen LogP contribution in [0.15, 0.2) is 5.11 Å². The number of nitrogens with zero attached hydrogens (tertiary/aromatic N) is 2. The number of hydrogen-bond acceptors (Lipinski definition) is 5. The van der Waals surface area contributed by atoms with Crippen molar-refractivity contribution in [2.45, 2.75) is 6.35 Å². The lowest BCUT2D eigenvalue weighted by atomic mass is 10.5. The predicted octanol–water partition coefficient (Wildman–Crippen LogP) is -1.09. The zero-order valence-electron chi connectivity index (χ0n) is 7.16. The third-order valence-electron chi connectivity index (χ3n) is 1.85. The van der Waals surface area contributed by atoms with E-state index < -0.39 is 12.4 Å². The normalized spacial score (nSPS) is 23.0. The SMILES string of the molecule is N=NC(=O)NCCN1CCNC1O. The molecular weight excluding hydrogens is 174 g/mol. The summed E-state index contributed by atoms with van der Waals surface area (Å²) in [5, 5.41) is 17.2. The highest BCUT2D eigenvalue weighted by atomic mass is 16.3. The highest BCUT2D eigenvalue weighted by molar-refractivity contribution is 5.73. The molecule has 4 N–H and O–H groups in total. The number of rotatable bonds is 3. The molecule has 2 amide bonds. The predicted molar refractivity (Wildman–Crippen MR) is 44.1 cm³/mol. The molecule has 0 spiro atoms. The van der Waals surface area contributed by atoms with E-state index in [4.69, 9.17) is 5.53 Å². The Morgan fingerprint density at radius 1 is 1.85 bits per heavy atom. The largest absolute Gasteiger partial charge is 0.365 e. The van der Waals surface area contributed by atoms with E-state index in [1.807, 2.05) is 0 Å². The third kappa shape index (κ3) is 3.05. The van der Waals surface area contributed by atoms with Gasteiger partial charge in [0.05, 0.1) is 0 Å². The van der Waals surface area contributed by atoms with Gasteiger partial charge in [-0.25, -0.2) is 4.79 Å². The molecular formula is C6H13N5O2. The molecule has 0 aromatic rings. The lowest BCUT2D eigenvalue weighted by Crippen LogP contribution is -2.40. The molecule has 0 aromatic carbocycles. The van der Waals surface area contributed by atoms with Gasteiger partial charge in [-0.1, -0.05) is 5.11 Å². The average molecular weight is 187 g/mol. The van der Waals surface area contributed by atoms with Gasteiger partial charge in [-0.3, -0.25) is 10.2 Å². The van der Waals surface area contributed by atoms with Crippen molar-refractivity contribution in [2.75, 3.05) is 26.2 Å². The molecule has 74 valence electrons. The zero-order chi connectivity index (χ0) is 9.68. The maximum atomic E-state index is 10.5. The second-order valence-electron chi connectivity index (χ2n) is 2.71. The number of carbonyl (C=O) groups is 1. The molecule has 1 heterocycles. The van der Waals surface area contributed by atoms with Crippen molar-refractivity contribution in [1.29, 1.82) is 5.53 Å². The minimum Gasteiger partial charge on any atom is -0.365 e. The number of carbonyl (C=O) groups excluding carboxylic acids is 1. The Kier molecular flexibility index (Phi) is 3.74. The summed E-state index contributed by atoms with van der Waals surface area (Å²) in [7, 11) is 0. The van der Waals surface area contributed by atoms with E-state index in [2.05, 4.69) is 15.7 Å². The Labute approximate surface area is 75.6 Å². The van der Waals surface area contributed by atoms with Crippen LogP contribution in [0.3, 0.4) is 0 Å². The summed E-state index contributed by atoms with van der Waals surface area (Å²) in [5.74, 6) is 0. The second-order valence-corrected chi connectivity index (χ2v) is 2.71. The van der Waals surface area contributed by atoms with Gasteiger partial charge in [0.15, 0.2) is 6.35 Å². The first-order valence-corrected chi connectivity index (χ1v) is 4.05. The van der Waals surface area contributed by atoms with Crippen molar-refractivity contribution in [3.05, 3.63) is 0 Å². The third-order valence-corrected chi connectivity index (χ3v) is 1.85.